The van der Waals surface area contributed by atoms with E-state index in [9.17, 15) is 22.8 Å². The highest BCUT2D eigenvalue weighted by Crippen LogP contribution is 2.47. The fourth-order valence-corrected chi connectivity index (χ4v) is 6.62. The van der Waals surface area contributed by atoms with E-state index < -0.39 is 38.8 Å². The summed E-state index contributed by atoms with van der Waals surface area (Å²) in [5.41, 5.74) is 1.44. The van der Waals surface area contributed by atoms with E-state index in [2.05, 4.69) is 10.6 Å². The predicted octanol–water partition coefficient (Wildman–Crippen LogP) is 2.12. The van der Waals surface area contributed by atoms with Crippen LogP contribution in [0.3, 0.4) is 0 Å². The first kappa shape index (κ1) is 25.6. The van der Waals surface area contributed by atoms with E-state index in [-0.39, 0.29) is 21.6 Å². The Balaban J connectivity index is 1.64. The summed E-state index contributed by atoms with van der Waals surface area (Å²) in [5, 5.41) is 11.2. The summed E-state index contributed by atoms with van der Waals surface area (Å²) in [4.78, 5) is 36.2. The molecule has 0 aromatic heterocycles. The third-order valence-electron chi connectivity index (χ3n) is 5.98. The maximum Gasteiger partial charge on any atom is 0.330 e. The monoisotopic (exact) mass is 537 g/mol. The van der Waals surface area contributed by atoms with E-state index >= 15 is 0 Å². The molecule has 0 aliphatic carbocycles. The number of carbonyl (C=O) groups excluding carboxylic acids is 3. The van der Waals surface area contributed by atoms with Gasteiger partial charge in [-0.2, -0.15) is 0 Å². The molecule has 2 aliphatic heterocycles. The number of primary sulfonamides is 1. The van der Waals surface area contributed by atoms with Gasteiger partial charge in [-0.1, -0.05) is 42.8 Å². The average Bonchev–Trinajstić information content (AvgIpc) is 3.45. The number of hydrogen-bond donors (Lipinski definition) is 3. The Bertz CT molecular complexity index is 1300. The molecule has 35 heavy (non-hydrogen) atoms. The number of benzene rings is 2. The topological polar surface area (TPSA) is 145 Å². The lowest BCUT2D eigenvalue weighted by Gasteiger charge is -2.31. The van der Waals surface area contributed by atoms with Crippen molar-refractivity contribution < 1.29 is 27.5 Å². The van der Waals surface area contributed by atoms with Crippen molar-refractivity contribution in [2.75, 3.05) is 12.3 Å². The molecule has 186 valence electrons. The molecule has 2 aromatic rings. The molecular weight excluding hydrogens is 514 g/mol. The van der Waals surface area contributed by atoms with Crippen molar-refractivity contribution in [1.29, 1.82) is 0 Å². The molecule has 2 aromatic carbocycles. The standard InChI is InChI=1S/C23H24ClN3O6S2/c1-13(21(29)33-22(30)18-7-4-10-26-18)12-34-23(16-6-3-2-5-15(16)20(28)27-23)14-8-9-17(24)19(11-14)35(25,31)32/h2-3,5-6,8-9,11,13,18,26H,4,7,10,12H2,1H3,(H,27,28)(H2,25,31,32)/t13?,18-,23?/m0/s1. The van der Waals surface area contributed by atoms with Gasteiger partial charge in [-0.3, -0.25) is 9.59 Å². The van der Waals surface area contributed by atoms with E-state index in [0.29, 0.717) is 29.7 Å². The van der Waals surface area contributed by atoms with Gasteiger partial charge in [-0.05, 0) is 43.1 Å². The third kappa shape index (κ3) is 5.10. The van der Waals surface area contributed by atoms with Crippen molar-refractivity contribution in [2.24, 2.45) is 11.1 Å². The molecule has 3 atom stereocenters. The number of thioether (sulfide) groups is 1. The molecular formula is C23H24ClN3O6S2. The molecule has 1 saturated heterocycles. The zero-order chi connectivity index (χ0) is 25.4. The van der Waals surface area contributed by atoms with E-state index in [0.717, 1.165) is 6.42 Å². The summed E-state index contributed by atoms with van der Waals surface area (Å²) in [5.74, 6) is -2.17. The van der Waals surface area contributed by atoms with Gasteiger partial charge in [0.1, 0.15) is 15.8 Å². The molecule has 9 nitrogen and oxygen atoms in total. The minimum absolute atomic E-state index is 0.0509. The molecule has 4 N–H and O–H groups in total. The first-order valence-electron chi connectivity index (χ1n) is 10.9. The van der Waals surface area contributed by atoms with Crippen LogP contribution in [-0.4, -0.2) is 44.6 Å². The van der Waals surface area contributed by atoms with Crippen molar-refractivity contribution in [3.05, 3.63) is 64.2 Å². The Labute approximate surface area is 212 Å². The third-order valence-corrected chi connectivity index (χ3v) is 9.03. The van der Waals surface area contributed by atoms with Gasteiger partial charge in [0, 0.05) is 16.9 Å². The number of esters is 2. The highest BCUT2D eigenvalue weighted by atomic mass is 35.5. The molecule has 12 heteroatoms. The lowest BCUT2D eigenvalue weighted by molar-refractivity contribution is -0.163. The normalized spacial score (nSPS) is 22.4. The number of amides is 1. The van der Waals surface area contributed by atoms with Crippen LogP contribution in [0.2, 0.25) is 5.02 Å². The minimum atomic E-state index is -4.14. The van der Waals surface area contributed by atoms with Gasteiger partial charge in [0.05, 0.1) is 10.9 Å². The number of carbonyl (C=O) groups is 3. The van der Waals surface area contributed by atoms with Crippen LogP contribution in [0.1, 0.15) is 41.3 Å². The summed E-state index contributed by atoms with van der Waals surface area (Å²) in [6, 6.07) is 10.7. The molecule has 2 heterocycles. The van der Waals surface area contributed by atoms with E-state index in [1.165, 1.54) is 23.9 Å². The van der Waals surface area contributed by atoms with Crippen LogP contribution in [0, 0.1) is 5.92 Å². The van der Waals surface area contributed by atoms with Crippen LogP contribution in [0.25, 0.3) is 0 Å². The number of halogens is 1. The Morgan fingerprint density at radius 1 is 1.29 bits per heavy atom. The molecule has 0 spiro atoms. The number of rotatable bonds is 7. The van der Waals surface area contributed by atoms with E-state index in [1.54, 1.807) is 37.3 Å². The second-order valence-electron chi connectivity index (χ2n) is 8.47. The van der Waals surface area contributed by atoms with Crippen molar-refractivity contribution in [3.8, 4) is 0 Å². The summed E-state index contributed by atoms with van der Waals surface area (Å²) in [7, 11) is -4.14. The van der Waals surface area contributed by atoms with Crippen LogP contribution in [0.15, 0.2) is 47.4 Å². The first-order valence-corrected chi connectivity index (χ1v) is 13.8. The fraction of sp³-hybridized carbons (Fsp3) is 0.348. The van der Waals surface area contributed by atoms with Crippen LogP contribution >= 0.6 is 23.4 Å². The number of nitrogens with one attached hydrogen (secondary N) is 2. The molecule has 4 rings (SSSR count). The molecule has 2 unspecified atom stereocenters. The number of fused-ring (bicyclic) bond motifs is 1. The highest BCUT2D eigenvalue weighted by molar-refractivity contribution is 8.00. The number of ether oxygens (including phenoxy) is 1. The van der Waals surface area contributed by atoms with E-state index in [1.807, 2.05) is 0 Å². The van der Waals surface area contributed by atoms with Crippen LogP contribution in [-0.2, 0) is 29.2 Å². The molecule has 0 bridgehead atoms. The smallest absolute Gasteiger partial charge is 0.330 e. The zero-order valence-corrected chi connectivity index (χ0v) is 21.1. The lowest BCUT2D eigenvalue weighted by atomic mass is 9.97. The van der Waals surface area contributed by atoms with Crippen LogP contribution < -0.4 is 15.8 Å². The van der Waals surface area contributed by atoms with Gasteiger partial charge in [-0.25, -0.2) is 18.4 Å². The fourth-order valence-electron chi connectivity index (χ4n) is 4.12. The Morgan fingerprint density at radius 2 is 2.03 bits per heavy atom. The number of nitrogens with two attached hydrogens (primary N) is 1. The molecule has 2 aliphatic rings. The summed E-state index contributed by atoms with van der Waals surface area (Å²) < 4.78 is 29.3. The molecule has 1 amide bonds. The Morgan fingerprint density at radius 3 is 2.71 bits per heavy atom. The Kier molecular flexibility index (Phi) is 7.26. The van der Waals surface area contributed by atoms with Crippen molar-refractivity contribution in [3.63, 3.8) is 0 Å². The van der Waals surface area contributed by atoms with Crippen LogP contribution in [0.5, 0.6) is 0 Å². The SMILES string of the molecule is CC(CSC1(c2ccc(Cl)c(S(N)(=O)=O)c2)NC(=O)c2ccccc21)C(=O)OC(=O)[C@@H]1CCCN1. The number of sulfonamides is 1. The summed E-state index contributed by atoms with van der Waals surface area (Å²) in [6.07, 6.45) is 1.45. The maximum atomic E-state index is 12.8. The first-order chi connectivity index (χ1) is 16.5. The van der Waals surface area contributed by atoms with Crippen LogP contribution in [0.4, 0.5) is 0 Å². The maximum absolute atomic E-state index is 12.8. The molecule has 0 saturated carbocycles. The minimum Gasteiger partial charge on any atom is -0.392 e. The lowest BCUT2D eigenvalue weighted by Crippen LogP contribution is -2.39. The second-order valence-corrected chi connectivity index (χ2v) is 11.6. The summed E-state index contributed by atoms with van der Waals surface area (Å²) >= 11 is 7.30. The zero-order valence-electron chi connectivity index (χ0n) is 18.7. The van der Waals surface area contributed by atoms with Gasteiger partial charge < -0.3 is 15.4 Å². The predicted molar refractivity (Wildman–Crippen MR) is 131 cm³/mol. The van der Waals surface area contributed by atoms with Gasteiger partial charge in [-0.15, -0.1) is 11.8 Å². The van der Waals surface area contributed by atoms with Crippen molar-refractivity contribution in [2.45, 2.75) is 35.6 Å². The average molecular weight is 538 g/mol. The molecule has 0 radical (unpaired) electrons. The highest BCUT2D eigenvalue weighted by Gasteiger charge is 2.46. The van der Waals surface area contributed by atoms with Gasteiger partial charge in [0.2, 0.25) is 10.0 Å². The second kappa shape index (κ2) is 9.90. The quantitative estimate of drug-likeness (QED) is 0.360. The summed E-state index contributed by atoms with van der Waals surface area (Å²) in [6.45, 7) is 2.32. The number of hydrogen-bond acceptors (Lipinski definition) is 8. The molecule has 1 fully saturated rings. The van der Waals surface area contributed by atoms with Gasteiger partial charge >= 0.3 is 11.9 Å². The van der Waals surface area contributed by atoms with Gasteiger partial charge in [0.25, 0.3) is 5.91 Å². The largest absolute Gasteiger partial charge is 0.392 e. The van der Waals surface area contributed by atoms with E-state index in [4.69, 9.17) is 21.5 Å². The van der Waals surface area contributed by atoms with Crippen molar-refractivity contribution in [1.82, 2.24) is 10.6 Å². The Hall–Kier alpha value is -2.44. The van der Waals surface area contributed by atoms with Gasteiger partial charge in [0.15, 0.2) is 0 Å². The van der Waals surface area contributed by atoms with Crippen molar-refractivity contribution >= 4 is 51.2 Å².